The Morgan fingerprint density at radius 3 is 2.53 bits per heavy atom. The molecule has 7 heteroatoms. The second-order valence-corrected chi connectivity index (χ2v) is 7.72. The van der Waals surface area contributed by atoms with Gasteiger partial charge in [-0.2, -0.15) is 0 Å². The van der Waals surface area contributed by atoms with Gasteiger partial charge in [0.15, 0.2) is 0 Å². The maximum Gasteiger partial charge on any atom is 0.414 e. The van der Waals surface area contributed by atoms with Crippen LogP contribution in [0.2, 0.25) is 0 Å². The van der Waals surface area contributed by atoms with Gasteiger partial charge in [0.25, 0.3) is 0 Å². The molecule has 0 aromatic heterocycles. The van der Waals surface area contributed by atoms with Gasteiger partial charge in [-0.25, -0.2) is 4.79 Å². The Morgan fingerprint density at radius 2 is 1.90 bits per heavy atom. The minimum Gasteiger partial charge on any atom is -0.494 e. The van der Waals surface area contributed by atoms with Crippen LogP contribution < -0.4 is 14.4 Å². The van der Waals surface area contributed by atoms with E-state index in [1.165, 1.54) is 4.90 Å². The van der Waals surface area contributed by atoms with E-state index in [-0.39, 0.29) is 6.61 Å². The van der Waals surface area contributed by atoms with Crippen molar-refractivity contribution in [3.8, 4) is 11.5 Å². The molecule has 0 spiro atoms. The molecule has 0 saturated carbocycles. The fourth-order valence-electron chi connectivity index (χ4n) is 3.39. The van der Waals surface area contributed by atoms with Crippen LogP contribution in [0.4, 0.5) is 10.5 Å². The highest BCUT2D eigenvalue weighted by Gasteiger charge is 2.43. The summed E-state index contributed by atoms with van der Waals surface area (Å²) in [6, 6.07) is 12.7. The highest BCUT2D eigenvalue weighted by molar-refractivity contribution is 5.87. The molecule has 1 heterocycles. The Hall–Kier alpha value is -2.77. The molecule has 0 radical (unpaired) electrons. The fourth-order valence-corrected chi connectivity index (χ4v) is 3.39. The van der Waals surface area contributed by atoms with Gasteiger partial charge in [-0.15, -0.1) is 0 Å². The Morgan fingerprint density at radius 1 is 1.20 bits per heavy atom. The zero-order valence-electron chi connectivity index (χ0n) is 18.0. The molecule has 0 unspecified atom stereocenters. The molecule has 162 valence electrons. The SMILES string of the molecule is CCOc1ccc(COC(=O)N(C)c2ccc3c(c2)[C@@H](OC)[C@H](O)C(C)(C)O3)cc1. The van der Waals surface area contributed by atoms with Gasteiger partial charge in [0.2, 0.25) is 0 Å². The smallest absolute Gasteiger partial charge is 0.414 e. The molecule has 0 fully saturated rings. The van der Waals surface area contributed by atoms with Gasteiger partial charge < -0.3 is 24.1 Å². The molecule has 1 N–H and O–H groups in total. The first kappa shape index (κ1) is 21.9. The number of carbonyl (C=O) groups excluding carboxylic acids is 1. The number of anilines is 1. The largest absolute Gasteiger partial charge is 0.494 e. The van der Waals surface area contributed by atoms with Crippen LogP contribution in [-0.4, -0.2) is 43.7 Å². The van der Waals surface area contributed by atoms with E-state index in [0.29, 0.717) is 23.6 Å². The minimum absolute atomic E-state index is 0.150. The highest BCUT2D eigenvalue weighted by Crippen LogP contribution is 2.42. The lowest BCUT2D eigenvalue weighted by molar-refractivity contribution is -0.124. The molecule has 1 aliphatic heterocycles. The van der Waals surface area contributed by atoms with E-state index < -0.39 is 23.9 Å². The average molecular weight is 415 g/mol. The Labute approximate surface area is 177 Å². The molecule has 3 rings (SSSR count). The Bertz CT molecular complexity index is 880. The van der Waals surface area contributed by atoms with E-state index >= 15 is 0 Å². The van der Waals surface area contributed by atoms with Gasteiger partial charge in [0.05, 0.1) is 6.61 Å². The average Bonchev–Trinajstić information content (AvgIpc) is 2.73. The number of nitrogens with zero attached hydrogens (tertiary/aromatic N) is 1. The summed E-state index contributed by atoms with van der Waals surface area (Å²) in [5.41, 5.74) is 1.39. The number of carbonyl (C=O) groups is 1. The topological polar surface area (TPSA) is 77.5 Å². The van der Waals surface area contributed by atoms with Gasteiger partial charge in [-0.1, -0.05) is 12.1 Å². The molecule has 2 aromatic rings. The van der Waals surface area contributed by atoms with Gasteiger partial charge in [-0.05, 0) is 56.7 Å². The van der Waals surface area contributed by atoms with Crippen molar-refractivity contribution in [2.45, 2.75) is 45.2 Å². The number of aliphatic hydroxyl groups excluding tert-OH is 1. The monoisotopic (exact) mass is 415 g/mol. The molecule has 0 aliphatic carbocycles. The third kappa shape index (κ3) is 4.52. The third-order valence-electron chi connectivity index (χ3n) is 5.18. The first-order valence-electron chi connectivity index (χ1n) is 9.93. The quantitative estimate of drug-likeness (QED) is 0.766. The summed E-state index contributed by atoms with van der Waals surface area (Å²) in [7, 11) is 3.18. The van der Waals surface area contributed by atoms with Crippen molar-refractivity contribution >= 4 is 11.8 Å². The van der Waals surface area contributed by atoms with E-state index in [2.05, 4.69) is 0 Å². The zero-order chi connectivity index (χ0) is 21.9. The van der Waals surface area contributed by atoms with Crippen molar-refractivity contribution in [3.63, 3.8) is 0 Å². The first-order valence-corrected chi connectivity index (χ1v) is 9.93. The number of hydrogen-bond donors (Lipinski definition) is 1. The normalized spacial score (nSPS) is 19.4. The Kier molecular flexibility index (Phi) is 6.53. The molecule has 0 bridgehead atoms. The van der Waals surface area contributed by atoms with Crippen LogP contribution >= 0.6 is 0 Å². The summed E-state index contributed by atoms with van der Waals surface area (Å²) < 4.78 is 22.3. The van der Waals surface area contributed by atoms with E-state index in [0.717, 1.165) is 11.3 Å². The molecular weight excluding hydrogens is 386 g/mol. The number of amides is 1. The number of fused-ring (bicyclic) bond motifs is 1. The molecule has 1 aliphatic rings. The standard InChI is InChI=1S/C23H29NO6/c1-6-28-17-10-7-15(8-11-17)14-29-22(26)24(4)16-9-12-19-18(13-16)20(27-5)21(25)23(2,3)30-19/h7-13,20-21,25H,6,14H2,1-5H3/t20-,21+/m1/s1. The molecule has 2 atom stereocenters. The number of methoxy groups -OCH3 is 1. The summed E-state index contributed by atoms with van der Waals surface area (Å²) in [5, 5.41) is 10.6. The van der Waals surface area contributed by atoms with E-state index in [9.17, 15) is 9.90 Å². The van der Waals surface area contributed by atoms with Gasteiger partial charge in [0.1, 0.15) is 35.9 Å². The lowest BCUT2D eigenvalue weighted by Gasteiger charge is -2.41. The molecule has 7 nitrogen and oxygen atoms in total. The molecule has 1 amide bonds. The number of aliphatic hydroxyl groups is 1. The zero-order valence-corrected chi connectivity index (χ0v) is 18.0. The van der Waals surface area contributed by atoms with E-state index in [4.69, 9.17) is 18.9 Å². The van der Waals surface area contributed by atoms with Crippen LogP contribution in [0.25, 0.3) is 0 Å². The number of rotatable bonds is 6. The predicted octanol–water partition coefficient (Wildman–Crippen LogP) is 4.08. The van der Waals surface area contributed by atoms with Gasteiger partial charge in [-0.3, -0.25) is 4.90 Å². The fraction of sp³-hybridized carbons (Fsp3) is 0.435. The van der Waals surface area contributed by atoms with Crippen LogP contribution in [0.1, 0.15) is 38.0 Å². The maximum absolute atomic E-state index is 12.5. The molecule has 2 aromatic carbocycles. The summed E-state index contributed by atoms with van der Waals surface area (Å²) in [6.45, 7) is 6.30. The van der Waals surface area contributed by atoms with Crippen LogP contribution in [0.3, 0.4) is 0 Å². The predicted molar refractivity (Wildman–Crippen MR) is 113 cm³/mol. The maximum atomic E-state index is 12.5. The van der Waals surface area contributed by atoms with Crippen molar-refractivity contribution < 1.29 is 28.8 Å². The number of benzene rings is 2. The van der Waals surface area contributed by atoms with E-state index in [1.54, 1.807) is 32.4 Å². The summed E-state index contributed by atoms with van der Waals surface area (Å²) in [6.07, 6.45) is -1.89. The lowest BCUT2D eigenvalue weighted by atomic mass is 9.88. The number of ether oxygens (including phenoxy) is 4. The highest BCUT2D eigenvalue weighted by atomic mass is 16.6. The van der Waals surface area contributed by atoms with Gasteiger partial charge >= 0.3 is 6.09 Å². The van der Waals surface area contributed by atoms with Crippen molar-refractivity contribution in [1.82, 2.24) is 0 Å². The second-order valence-electron chi connectivity index (χ2n) is 7.72. The molecular formula is C23H29NO6. The minimum atomic E-state index is -0.845. The summed E-state index contributed by atoms with van der Waals surface area (Å²) >= 11 is 0. The van der Waals surface area contributed by atoms with Crippen molar-refractivity contribution in [2.24, 2.45) is 0 Å². The summed E-state index contributed by atoms with van der Waals surface area (Å²) in [4.78, 5) is 14.0. The van der Waals surface area contributed by atoms with Crippen LogP contribution in [-0.2, 0) is 16.1 Å². The second kappa shape index (κ2) is 8.93. The van der Waals surface area contributed by atoms with Crippen LogP contribution in [0.5, 0.6) is 11.5 Å². The number of hydrogen-bond acceptors (Lipinski definition) is 6. The van der Waals surface area contributed by atoms with E-state index in [1.807, 2.05) is 45.0 Å². The van der Waals surface area contributed by atoms with Crippen molar-refractivity contribution in [1.29, 1.82) is 0 Å². The first-order chi connectivity index (χ1) is 14.3. The van der Waals surface area contributed by atoms with Gasteiger partial charge in [0, 0.05) is 25.4 Å². The van der Waals surface area contributed by atoms with Crippen LogP contribution in [0.15, 0.2) is 42.5 Å². The Balaban J connectivity index is 1.70. The molecule has 0 saturated heterocycles. The third-order valence-corrected chi connectivity index (χ3v) is 5.18. The molecule has 30 heavy (non-hydrogen) atoms. The van der Waals surface area contributed by atoms with Crippen molar-refractivity contribution in [2.75, 3.05) is 25.7 Å². The lowest BCUT2D eigenvalue weighted by Crippen LogP contribution is -2.49. The van der Waals surface area contributed by atoms with Crippen LogP contribution in [0, 0.1) is 0 Å². The summed E-state index contributed by atoms with van der Waals surface area (Å²) in [5.74, 6) is 1.40. The van der Waals surface area contributed by atoms with Crippen molar-refractivity contribution in [3.05, 3.63) is 53.6 Å².